The number of benzene rings is 2. The maximum absolute atomic E-state index is 11.7. The lowest BCUT2D eigenvalue weighted by molar-refractivity contribution is 0.411. The Balaban J connectivity index is 1.67. The van der Waals surface area contributed by atoms with E-state index in [1.165, 1.54) is 4.57 Å². The number of ether oxygens (including phenoxy) is 1. The van der Waals surface area contributed by atoms with Crippen LogP contribution in [0.4, 0.5) is 0 Å². The van der Waals surface area contributed by atoms with Crippen molar-refractivity contribution in [3.8, 4) is 17.1 Å². The zero-order valence-electron chi connectivity index (χ0n) is 15.2. The molecule has 0 aliphatic carbocycles. The first-order chi connectivity index (χ1) is 13.6. The Hall–Kier alpha value is -3.94. The molecule has 0 amide bonds. The van der Waals surface area contributed by atoms with Crippen molar-refractivity contribution in [1.29, 1.82) is 0 Å². The number of aryl methyl sites for hydroxylation is 1. The predicted molar refractivity (Wildman–Crippen MR) is 105 cm³/mol. The molecule has 4 aromatic rings. The predicted octanol–water partition coefficient (Wildman–Crippen LogP) is 2.46. The van der Waals surface area contributed by atoms with Gasteiger partial charge in [0.25, 0.3) is 5.89 Å². The summed E-state index contributed by atoms with van der Waals surface area (Å²) in [5.41, 5.74) is 1.37. The zero-order valence-corrected chi connectivity index (χ0v) is 15.2. The summed E-state index contributed by atoms with van der Waals surface area (Å²) in [4.78, 5) is 30.4. The van der Waals surface area contributed by atoms with Gasteiger partial charge in [-0.1, -0.05) is 23.4 Å². The minimum Gasteiger partial charge on any atom is -0.496 e. The van der Waals surface area contributed by atoms with Gasteiger partial charge in [0, 0.05) is 24.3 Å². The number of aromatic amines is 1. The van der Waals surface area contributed by atoms with E-state index >= 15 is 0 Å². The highest BCUT2D eigenvalue weighted by atomic mass is 16.5. The van der Waals surface area contributed by atoms with Crippen LogP contribution in [0, 0.1) is 0 Å². The lowest BCUT2D eigenvalue weighted by Crippen LogP contribution is -2.34. The van der Waals surface area contributed by atoms with Crippen LogP contribution in [-0.2, 0) is 7.05 Å². The molecule has 140 valence electrons. The van der Waals surface area contributed by atoms with Gasteiger partial charge in [-0.3, -0.25) is 9.59 Å². The van der Waals surface area contributed by atoms with Crippen molar-refractivity contribution in [2.75, 3.05) is 7.11 Å². The third-order valence-electron chi connectivity index (χ3n) is 4.35. The molecular weight excluding hydrogens is 360 g/mol. The first-order valence-electron chi connectivity index (χ1n) is 8.45. The molecule has 8 heteroatoms. The molecular formula is C20H16N4O4. The lowest BCUT2D eigenvalue weighted by atomic mass is 10.2. The highest BCUT2D eigenvalue weighted by Crippen LogP contribution is 2.22. The molecule has 4 rings (SSSR count). The molecule has 0 aliphatic heterocycles. The average Bonchev–Trinajstić information content (AvgIpc) is 3.19. The molecule has 2 aromatic carbocycles. The van der Waals surface area contributed by atoms with Gasteiger partial charge < -0.3 is 18.8 Å². The van der Waals surface area contributed by atoms with E-state index in [-0.39, 0.29) is 0 Å². The molecule has 0 spiro atoms. The van der Waals surface area contributed by atoms with Crippen LogP contribution >= 0.6 is 0 Å². The Labute approximate surface area is 158 Å². The number of para-hydroxylation sites is 1. The summed E-state index contributed by atoms with van der Waals surface area (Å²) in [5, 5.41) is 3.98. The Bertz CT molecular complexity index is 1310. The molecule has 0 saturated carbocycles. The van der Waals surface area contributed by atoms with Gasteiger partial charge in [0.15, 0.2) is 0 Å². The van der Waals surface area contributed by atoms with E-state index in [4.69, 9.17) is 9.26 Å². The molecule has 1 N–H and O–H groups in total. The van der Waals surface area contributed by atoms with Gasteiger partial charge in [-0.15, -0.1) is 0 Å². The monoisotopic (exact) mass is 376 g/mol. The Kier molecular flexibility index (Phi) is 4.36. The highest BCUT2D eigenvalue weighted by molar-refractivity contribution is 5.80. The molecule has 0 unspecified atom stereocenters. The molecule has 2 heterocycles. The number of hydrogen-bond acceptors (Lipinski definition) is 6. The molecule has 0 saturated heterocycles. The first kappa shape index (κ1) is 17.5. The van der Waals surface area contributed by atoms with Gasteiger partial charge in [0.2, 0.25) is 5.82 Å². The van der Waals surface area contributed by atoms with Gasteiger partial charge in [0.05, 0.1) is 18.1 Å². The molecule has 8 nitrogen and oxygen atoms in total. The minimum atomic E-state index is -0.680. The van der Waals surface area contributed by atoms with Crippen LogP contribution in [0.2, 0.25) is 0 Å². The normalized spacial score (nSPS) is 11.4. The summed E-state index contributed by atoms with van der Waals surface area (Å²) in [6, 6.07) is 12.8. The van der Waals surface area contributed by atoms with Gasteiger partial charge in [-0.2, -0.15) is 4.98 Å². The maximum Gasteiger partial charge on any atom is 0.316 e. The second-order valence-electron chi connectivity index (χ2n) is 6.08. The number of fused-ring (bicyclic) bond motifs is 1. The van der Waals surface area contributed by atoms with Gasteiger partial charge >= 0.3 is 11.1 Å². The molecule has 2 aromatic heterocycles. The fourth-order valence-corrected chi connectivity index (χ4v) is 2.89. The van der Waals surface area contributed by atoms with Crippen LogP contribution in [-0.4, -0.2) is 26.8 Å². The standard InChI is InChI=1S/C20H16N4O4/c1-24-15-9-7-13(11-14(15)21-19(25)20(24)26)18-22-17(28-23-18)10-8-12-5-3-4-6-16(12)27-2/h3-11H,1-2H3,(H,21,25)/b10-8+. The number of rotatable bonds is 4. The third kappa shape index (κ3) is 3.11. The van der Waals surface area contributed by atoms with Crippen molar-refractivity contribution in [3.63, 3.8) is 0 Å². The van der Waals surface area contributed by atoms with Crippen LogP contribution < -0.4 is 15.9 Å². The van der Waals surface area contributed by atoms with Crippen LogP contribution in [0.3, 0.4) is 0 Å². The number of hydrogen-bond donors (Lipinski definition) is 1. The summed E-state index contributed by atoms with van der Waals surface area (Å²) in [6.07, 6.45) is 3.52. The van der Waals surface area contributed by atoms with Crippen molar-refractivity contribution in [2.24, 2.45) is 7.05 Å². The molecule has 0 fully saturated rings. The summed E-state index contributed by atoms with van der Waals surface area (Å²) in [6.45, 7) is 0. The number of H-pyrrole nitrogens is 1. The number of aromatic nitrogens is 4. The van der Waals surface area contributed by atoms with Crippen LogP contribution in [0.25, 0.3) is 34.6 Å². The fraction of sp³-hybridized carbons (Fsp3) is 0.100. The SMILES string of the molecule is COc1ccccc1/C=C/c1nc(-c2ccc3c(c2)[nH]c(=O)c(=O)n3C)no1. The van der Waals surface area contributed by atoms with E-state index in [0.29, 0.717) is 28.3 Å². The number of methoxy groups -OCH3 is 1. The molecule has 0 aliphatic rings. The van der Waals surface area contributed by atoms with Crippen molar-refractivity contribution >= 4 is 23.2 Å². The van der Waals surface area contributed by atoms with E-state index < -0.39 is 11.1 Å². The molecule has 28 heavy (non-hydrogen) atoms. The van der Waals surface area contributed by atoms with Crippen LogP contribution in [0.5, 0.6) is 5.75 Å². The van der Waals surface area contributed by atoms with Gasteiger partial charge in [-0.05, 0) is 30.3 Å². The van der Waals surface area contributed by atoms with E-state index in [2.05, 4.69) is 15.1 Å². The van der Waals surface area contributed by atoms with Crippen molar-refractivity contribution < 1.29 is 9.26 Å². The number of nitrogens with one attached hydrogen (secondary N) is 1. The summed E-state index contributed by atoms with van der Waals surface area (Å²) < 4.78 is 11.9. The van der Waals surface area contributed by atoms with Gasteiger partial charge in [0.1, 0.15) is 5.75 Å². The first-order valence-corrected chi connectivity index (χ1v) is 8.45. The van der Waals surface area contributed by atoms with E-state index in [0.717, 1.165) is 11.3 Å². The summed E-state index contributed by atoms with van der Waals surface area (Å²) in [7, 11) is 3.16. The van der Waals surface area contributed by atoms with Crippen molar-refractivity contribution in [1.82, 2.24) is 19.7 Å². The Morgan fingerprint density at radius 1 is 1.14 bits per heavy atom. The average molecular weight is 376 g/mol. The van der Waals surface area contributed by atoms with Crippen molar-refractivity contribution in [3.05, 3.63) is 74.6 Å². The van der Waals surface area contributed by atoms with E-state index in [1.54, 1.807) is 38.4 Å². The lowest BCUT2D eigenvalue weighted by Gasteiger charge is -2.04. The zero-order chi connectivity index (χ0) is 19.7. The second kappa shape index (κ2) is 6.99. The summed E-state index contributed by atoms with van der Waals surface area (Å²) in [5.74, 6) is 1.44. The Morgan fingerprint density at radius 2 is 1.96 bits per heavy atom. The minimum absolute atomic E-state index is 0.329. The van der Waals surface area contributed by atoms with Crippen LogP contribution in [0.15, 0.2) is 56.6 Å². The largest absolute Gasteiger partial charge is 0.496 e. The highest BCUT2D eigenvalue weighted by Gasteiger charge is 2.10. The second-order valence-corrected chi connectivity index (χ2v) is 6.08. The molecule has 0 bridgehead atoms. The Morgan fingerprint density at radius 3 is 2.79 bits per heavy atom. The molecule has 0 radical (unpaired) electrons. The summed E-state index contributed by atoms with van der Waals surface area (Å²) >= 11 is 0. The van der Waals surface area contributed by atoms with E-state index in [9.17, 15) is 9.59 Å². The smallest absolute Gasteiger partial charge is 0.316 e. The van der Waals surface area contributed by atoms with E-state index in [1.807, 2.05) is 30.3 Å². The molecule has 0 atom stereocenters. The van der Waals surface area contributed by atoms with Crippen LogP contribution in [0.1, 0.15) is 11.5 Å². The van der Waals surface area contributed by atoms with Gasteiger partial charge in [-0.25, -0.2) is 0 Å². The third-order valence-corrected chi connectivity index (χ3v) is 4.35. The number of nitrogens with zero attached hydrogens (tertiary/aromatic N) is 3. The topological polar surface area (TPSA) is 103 Å². The maximum atomic E-state index is 11.7. The van der Waals surface area contributed by atoms with Crippen molar-refractivity contribution in [2.45, 2.75) is 0 Å². The quantitative estimate of drug-likeness (QED) is 0.549. The fourth-order valence-electron chi connectivity index (χ4n) is 2.89.